The van der Waals surface area contributed by atoms with Gasteiger partial charge < -0.3 is 15.2 Å². The van der Waals surface area contributed by atoms with Crippen molar-refractivity contribution in [3.05, 3.63) is 28.8 Å². The Bertz CT molecular complexity index is 304. The van der Waals surface area contributed by atoms with Crippen molar-refractivity contribution in [2.75, 3.05) is 20.7 Å². The number of aliphatic hydroxyl groups is 1. The lowest BCUT2D eigenvalue weighted by Crippen LogP contribution is -2.17. The van der Waals surface area contributed by atoms with Crippen LogP contribution in [-0.4, -0.2) is 25.8 Å². The first-order chi connectivity index (χ1) is 6.69. The van der Waals surface area contributed by atoms with Gasteiger partial charge in [0.05, 0.1) is 13.2 Å². The molecule has 2 N–H and O–H groups in total. The first kappa shape index (κ1) is 11.3. The second-order valence-corrected chi connectivity index (χ2v) is 3.40. The zero-order chi connectivity index (χ0) is 10.6. The van der Waals surface area contributed by atoms with Crippen molar-refractivity contribution in [2.24, 2.45) is 0 Å². The molecule has 0 aromatic heterocycles. The van der Waals surface area contributed by atoms with Crippen molar-refractivity contribution < 1.29 is 9.84 Å². The van der Waals surface area contributed by atoms with Gasteiger partial charge in [-0.05, 0) is 25.2 Å². The van der Waals surface area contributed by atoms with Gasteiger partial charge in [-0.2, -0.15) is 0 Å². The van der Waals surface area contributed by atoms with E-state index in [-0.39, 0.29) is 0 Å². The molecule has 0 amide bonds. The number of hydrogen-bond donors (Lipinski definition) is 2. The summed E-state index contributed by atoms with van der Waals surface area (Å²) in [5.41, 5.74) is 0.703. The van der Waals surface area contributed by atoms with Gasteiger partial charge in [-0.25, -0.2) is 0 Å². The maximum Gasteiger partial charge on any atom is 0.124 e. The number of benzene rings is 1. The Balaban J connectivity index is 2.97. The minimum Gasteiger partial charge on any atom is -0.496 e. The highest BCUT2D eigenvalue weighted by Gasteiger charge is 2.12. The summed E-state index contributed by atoms with van der Waals surface area (Å²) in [5, 5.41) is 13.2. The van der Waals surface area contributed by atoms with Gasteiger partial charge in [0.25, 0.3) is 0 Å². The van der Waals surface area contributed by atoms with Gasteiger partial charge in [-0.1, -0.05) is 11.6 Å². The van der Waals surface area contributed by atoms with Gasteiger partial charge in [-0.15, -0.1) is 0 Å². The molecule has 0 aliphatic rings. The van der Waals surface area contributed by atoms with Crippen LogP contribution in [0.5, 0.6) is 5.75 Å². The van der Waals surface area contributed by atoms with Gasteiger partial charge in [0.15, 0.2) is 0 Å². The molecule has 1 aromatic rings. The summed E-state index contributed by atoms with van der Waals surface area (Å²) in [5.74, 6) is 0.650. The largest absolute Gasteiger partial charge is 0.496 e. The van der Waals surface area contributed by atoms with Gasteiger partial charge in [0.1, 0.15) is 5.75 Å². The summed E-state index contributed by atoms with van der Waals surface area (Å²) in [6.07, 6.45) is -0.603. The highest BCUT2D eigenvalue weighted by molar-refractivity contribution is 6.30. The first-order valence-electron chi connectivity index (χ1n) is 4.35. The molecule has 14 heavy (non-hydrogen) atoms. The van der Waals surface area contributed by atoms with Crippen LogP contribution < -0.4 is 10.1 Å². The third-order valence-electron chi connectivity index (χ3n) is 1.95. The maximum atomic E-state index is 9.76. The van der Waals surface area contributed by atoms with E-state index in [4.69, 9.17) is 16.3 Å². The molecule has 0 saturated carbocycles. The molecular formula is C10H14ClNO2. The quantitative estimate of drug-likeness (QED) is 0.802. The topological polar surface area (TPSA) is 41.5 Å². The highest BCUT2D eigenvalue weighted by atomic mass is 35.5. The summed E-state index contributed by atoms with van der Waals surface area (Å²) >= 11 is 5.83. The molecule has 0 spiro atoms. The van der Waals surface area contributed by atoms with Crippen LogP contribution in [0.15, 0.2) is 18.2 Å². The SMILES string of the molecule is CNCC(O)c1cc(Cl)ccc1OC. The molecule has 78 valence electrons. The summed E-state index contributed by atoms with van der Waals surface area (Å²) in [6.45, 7) is 0.469. The number of methoxy groups -OCH3 is 1. The number of nitrogens with one attached hydrogen (secondary N) is 1. The molecule has 0 aliphatic carbocycles. The Labute approximate surface area is 88.7 Å². The van der Waals surface area contributed by atoms with Crippen molar-refractivity contribution in [3.63, 3.8) is 0 Å². The smallest absolute Gasteiger partial charge is 0.124 e. The lowest BCUT2D eigenvalue weighted by molar-refractivity contribution is 0.173. The highest BCUT2D eigenvalue weighted by Crippen LogP contribution is 2.27. The van der Waals surface area contributed by atoms with Crippen LogP contribution in [0.25, 0.3) is 0 Å². The van der Waals surface area contributed by atoms with Crippen LogP contribution in [0.4, 0.5) is 0 Å². The predicted molar refractivity (Wildman–Crippen MR) is 56.9 cm³/mol. The number of ether oxygens (including phenoxy) is 1. The van der Waals surface area contributed by atoms with Gasteiger partial charge in [0.2, 0.25) is 0 Å². The summed E-state index contributed by atoms with van der Waals surface area (Å²) in [7, 11) is 3.35. The number of likely N-dealkylation sites (N-methyl/N-ethyl adjacent to an activating group) is 1. The zero-order valence-electron chi connectivity index (χ0n) is 8.25. The molecule has 1 unspecified atom stereocenters. The van der Waals surface area contributed by atoms with Crippen LogP contribution in [0.1, 0.15) is 11.7 Å². The average molecular weight is 216 g/mol. The predicted octanol–water partition coefficient (Wildman–Crippen LogP) is 1.60. The van der Waals surface area contributed by atoms with E-state index < -0.39 is 6.10 Å². The van der Waals surface area contributed by atoms with Crippen molar-refractivity contribution in [1.82, 2.24) is 5.32 Å². The number of rotatable bonds is 4. The number of halogens is 1. The van der Waals surface area contributed by atoms with Crippen LogP contribution in [0.2, 0.25) is 5.02 Å². The molecule has 3 nitrogen and oxygen atoms in total. The van der Waals surface area contributed by atoms with Crippen molar-refractivity contribution in [1.29, 1.82) is 0 Å². The standard InChI is InChI=1S/C10H14ClNO2/c1-12-6-9(13)8-5-7(11)3-4-10(8)14-2/h3-5,9,12-13H,6H2,1-2H3. The Morgan fingerprint density at radius 3 is 2.86 bits per heavy atom. The Morgan fingerprint density at radius 2 is 2.29 bits per heavy atom. The van der Waals surface area contributed by atoms with Gasteiger partial charge in [0, 0.05) is 17.1 Å². The van der Waals surface area contributed by atoms with Crippen LogP contribution in [-0.2, 0) is 0 Å². The van der Waals surface area contributed by atoms with Crippen LogP contribution in [0.3, 0.4) is 0 Å². The van der Waals surface area contributed by atoms with E-state index in [1.54, 1.807) is 32.4 Å². The third-order valence-corrected chi connectivity index (χ3v) is 2.18. The lowest BCUT2D eigenvalue weighted by atomic mass is 10.1. The van der Waals surface area contributed by atoms with E-state index in [1.807, 2.05) is 0 Å². The molecule has 0 fully saturated rings. The average Bonchev–Trinajstić information content (AvgIpc) is 2.18. The first-order valence-corrected chi connectivity index (χ1v) is 4.73. The second-order valence-electron chi connectivity index (χ2n) is 2.96. The van der Waals surface area contributed by atoms with Crippen molar-refractivity contribution >= 4 is 11.6 Å². The normalized spacial score (nSPS) is 12.6. The van der Waals surface area contributed by atoms with E-state index in [0.29, 0.717) is 22.9 Å². The van der Waals surface area contributed by atoms with Crippen LogP contribution >= 0.6 is 11.6 Å². The second kappa shape index (κ2) is 5.20. The van der Waals surface area contributed by atoms with Crippen molar-refractivity contribution in [2.45, 2.75) is 6.10 Å². The van der Waals surface area contributed by atoms with Gasteiger partial charge in [-0.3, -0.25) is 0 Å². The molecule has 1 rings (SSSR count). The van der Waals surface area contributed by atoms with Gasteiger partial charge >= 0.3 is 0 Å². The number of aliphatic hydroxyl groups excluding tert-OH is 1. The van der Waals surface area contributed by atoms with E-state index >= 15 is 0 Å². The minimum absolute atomic E-state index is 0.469. The zero-order valence-corrected chi connectivity index (χ0v) is 9.01. The maximum absolute atomic E-state index is 9.76. The molecule has 0 saturated heterocycles. The molecular weight excluding hydrogens is 202 g/mol. The van der Waals surface area contributed by atoms with E-state index in [0.717, 1.165) is 0 Å². The molecule has 1 aromatic carbocycles. The molecule has 4 heteroatoms. The molecule has 0 bridgehead atoms. The molecule has 0 radical (unpaired) electrons. The Kier molecular flexibility index (Phi) is 4.20. The summed E-state index contributed by atoms with van der Waals surface area (Å²) < 4.78 is 5.12. The fourth-order valence-corrected chi connectivity index (χ4v) is 1.45. The summed E-state index contributed by atoms with van der Waals surface area (Å²) in [4.78, 5) is 0. The van der Waals surface area contributed by atoms with E-state index in [1.165, 1.54) is 0 Å². The monoisotopic (exact) mass is 215 g/mol. The summed E-state index contributed by atoms with van der Waals surface area (Å²) in [6, 6.07) is 5.19. The lowest BCUT2D eigenvalue weighted by Gasteiger charge is -2.14. The fourth-order valence-electron chi connectivity index (χ4n) is 1.27. The van der Waals surface area contributed by atoms with E-state index in [2.05, 4.69) is 5.32 Å². The molecule has 0 aliphatic heterocycles. The minimum atomic E-state index is -0.603. The third kappa shape index (κ3) is 2.61. The van der Waals surface area contributed by atoms with Crippen LogP contribution in [0, 0.1) is 0 Å². The van der Waals surface area contributed by atoms with Crippen molar-refractivity contribution in [3.8, 4) is 5.75 Å². The molecule has 1 atom stereocenters. The number of hydrogen-bond acceptors (Lipinski definition) is 3. The Morgan fingerprint density at radius 1 is 1.57 bits per heavy atom. The fraction of sp³-hybridized carbons (Fsp3) is 0.400. The van der Waals surface area contributed by atoms with E-state index in [9.17, 15) is 5.11 Å². The Hall–Kier alpha value is -0.770. The molecule has 0 heterocycles.